The molecule has 2 rings (SSSR count). The fourth-order valence-corrected chi connectivity index (χ4v) is 2.33. The number of methoxy groups -OCH3 is 1. The Morgan fingerprint density at radius 3 is 2.60 bits per heavy atom. The van der Waals surface area contributed by atoms with E-state index in [0.717, 1.165) is 45.9 Å². The number of nitrogens with one attached hydrogen (secondary N) is 1. The summed E-state index contributed by atoms with van der Waals surface area (Å²) < 4.78 is 10.5. The van der Waals surface area contributed by atoms with Crippen LogP contribution in [0, 0.1) is 0 Å². The van der Waals surface area contributed by atoms with Gasteiger partial charge < -0.3 is 19.7 Å². The standard InChI is InChI=1S/C16H26N2O2/c1-14(7-10-19-2)17-13-15-3-5-16(6-4-15)18-8-11-20-12-9-18/h3-6,14,17H,7-13H2,1-2H3. The molecule has 1 N–H and O–H groups in total. The van der Waals surface area contributed by atoms with E-state index in [1.807, 2.05) is 0 Å². The first-order valence-corrected chi connectivity index (χ1v) is 7.43. The molecule has 1 aromatic rings. The van der Waals surface area contributed by atoms with Crippen molar-refractivity contribution in [2.24, 2.45) is 0 Å². The van der Waals surface area contributed by atoms with Crippen LogP contribution >= 0.6 is 0 Å². The number of rotatable bonds is 7. The number of benzene rings is 1. The number of hydrogen-bond donors (Lipinski definition) is 1. The van der Waals surface area contributed by atoms with Crippen LogP contribution in [0.1, 0.15) is 18.9 Å². The molecule has 20 heavy (non-hydrogen) atoms. The molecule has 0 spiro atoms. The lowest BCUT2D eigenvalue weighted by atomic mass is 10.1. The number of hydrogen-bond acceptors (Lipinski definition) is 4. The summed E-state index contributed by atoms with van der Waals surface area (Å²) in [4.78, 5) is 2.38. The van der Waals surface area contributed by atoms with Gasteiger partial charge in [0, 0.05) is 45.1 Å². The molecule has 0 bridgehead atoms. The van der Waals surface area contributed by atoms with E-state index < -0.39 is 0 Å². The minimum Gasteiger partial charge on any atom is -0.385 e. The van der Waals surface area contributed by atoms with Crippen molar-refractivity contribution in [1.29, 1.82) is 0 Å². The summed E-state index contributed by atoms with van der Waals surface area (Å²) in [5.74, 6) is 0. The maximum atomic E-state index is 5.38. The van der Waals surface area contributed by atoms with Crippen LogP contribution in [0.15, 0.2) is 24.3 Å². The molecule has 1 aromatic carbocycles. The molecule has 0 radical (unpaired) electrons. The number of ether oxygens (including phenoxy) is 2. The Hall–Kier alpha value is -1.10. The van der Waals surface area contributed by atoms with Gasteiger partial charge in [-0.05, 0) is 31.0 Å². The van der Waals surface area contributed by atoms with Crippen LogP contribution in [0.3, 0.4) is 0 Å². The minimum atomic E-state index is 0.480. The Morgan fingerprint density at radius 1 is 1.25 bits per heavy atom. The van der Waals surface area contributed by atoms with Crippen molar-refractivity contribution in [2.45, 2.75) is 25.9 Å². The van der Waals surface area contributed by atoms with Crippen molar-refractivity contribution in [2.75, 3.05) is 44.9 Å². The zero-order chi connectivity index (χ0) is 14.2. The summed E-state index contributed by atoms with van der Waals surface area (Å²) in [5, 5.41) is 3.52. The molecule has 4 heteroatoms. The first kappa shape index (κ1) is 15.3. The molecule has 0 aliphatic carbocycles. The molecule has 4 nitrogen and oxygen atoms in total. The summed E-state index contributed by atoms with van der Waals surface area (Å²) in [7, 11) is 1.75. The van der Waals surface area contributed by atoms with Crippen LogP contribution < -0.4 is 10.2 Å². The predicted molar refractivity (Wildman–Crippen MR) is 82.3 cm³/mol. The van der Waals surface area contributed by atoms with Crippen molar-refractivity contribution in [3.63, 3.8) is 0 Å². The van der Waals surface area contributed by atoms with Gasteiger partial charge in [0.05, 0.1) is 13.2 Å². The van der Waals surface area contributed by atoms with E-state index in [1.165, 1.54) is 11.3 Å². The lowest BCUT2D eigenvalue weighted by molar-refractivity contribution is 0.122. The van der Waals surface area contributed by atoms with Crippen molar-refractivity contribution in [3.8, 4) is 0 Å². The highest BCUT2D eigenvalue weighted by molar-refractivity contribution is 5.47. The van der Waals surface area contributed by atoms with Gasteiger partial charge in [0.25, 0.3) is 0 Å². The molecular formula is C16H26N2O2. The molecule has 1 aliphatic rings. The summed E-state index contributed by atoms with van der Waals surface area (Å²) >= 11 is 0. The second-order valence-electron chi connectivity index (χ2n) is 5.33. The zero-order valence-corrected chi connectivity index (χ0v) is 12.6. The summed E-state index contributed by atoms with van der Waals surface area (Å²) in [6.07, 6.45) is 1.04. The van der Waals surface area contributed by atoms with E-state index in [0.29, 0.717) is 6.04 Å². The summed E-state index contributed by atoms with van der Waals surface area (Å²) in [6.45, 7) is 7.57. The molecule has 0 amide bonds. The van der Waals surface area contributed by atoms with Gasteiger partial charge in [-0.25, -0.2) is 0 Å². The van der Waals surface area contributed by atoms with Crippen LogP contribution in [0.25, 0.3) is 0 Å². The SMILES string of the molecule is COCCC(C)NCc1ccc(N2CCOCC2)cc1. The highest BCUT2D eigenvalue weighted by Crippen LogP contribution is 2.16. The molecular weight excluding hydrogens is 252 g/mol. The van der Waals surface area contributed by atoms with E-state index >= 15 is 0 Å². The van der Waals surface area contributed by atoms with E-state index in [4.69, 9.17) is 9.47 Å². The molecule has 1 heterocycles. The largest absolute Gasteiger partial charge is 0.385 e. The molecule has 112 valence electrons. The molecule has 0 saturated carbocycles. The summed E-state index contributed by atoms with van der Waals surface area (Å²) in [6, 6.07) is 9.32. The van der Waals surface area contributed by atoms with Crippen LogP contribution in [0.4, 0.5) is 5.69 Å². The van der Waals surface area contributed by atoms with Crippen LogP contribution in [-0.4, -0.2) is 46.1 Å². The minimum absolute atomic E-state index is 0.480. The number of anilines is 1. The number of nitrogens with zero attached hydrogens (tertiary/aromatic N) is 1. The second kappa shape index (κ2) is 8.25. The monoisotopic (exact) mass is 278 g/mol. The Labute approximate surface area is 122 Å². The van der Waals surface area contributed by atoms with Gasteiger partial charge in [-0.1, -0.05) is 12.1 Å². The smallest absolute Gasteiger partial charge is 0.0642 e. The van der Waals surface area contributed by atoms with Gasteiger partial charge in [-0.15, -0.1) is 0 Å². The van der Waals surface area contributed by atoms with Crippen LogP contribution in [0.5, 0.6) is 0 Å². The molecule has 1 atom stereocenters. The molecule has 1 unspecified atom stereocenters. The Kier molecular flexibility index (Phi) is 6.30. The Morgan fingerprint density at radius 2 is 1.95 bits per heavy atom. The average molecular weight is 278 g/mol. The van der Waals surface area contributed by atoms with Crippen LogP contribution in [0.2, 0.25) is 0 Å². The summed E-state index contributed by atoms with van der Waals surface area (Å²) in [5.41, 5.74) is 2.62. The third-order valence-corrected chi connectivity index (χ3v) is 3.72. The molecule has 0 aromatic heterocycles. The van der Waals surface area contributed by atoms with Gasteiger partial charge in [0.2, 0.25) is 0 Å². The first-order valence-electron chi connectivity index (χ1n) is 7.43. The first-order chi connectivity index (χ1) is 9.79. The van der Waals surface area contributed by atoms with Gasteiger partial charge in [-0.2, -0.15) is 0 Å². The van der Waals surface area contributed by atoms with E-state index in [2.05, 4.69) is 41.4 Å². The van der Waals surface area contributed by atoms with Crippen molar-refractivity contribution >= 4 is 5.69 Å². The fourth-order valence-electron chi connectivity index (χ4n) is 2.33. The zero-order valence-electron chi connectivity index (χ0n) is 12.6. The van der Waals surface area contributed by atoms with E-state index in [9.17, 15) is 0 Å². The van der Waals surface area contributed by atoms with Gasteiger partial charge in [0.1, 0.15) is 0 Å². The normalized spacial score (nSPS) is 17.2. The van der Waals surface area contributed by atoms with Gasteiger partial charge in [0.15, 0.2) is 0 Å². The van der Waals surface area contributed by atoms with Crippen molar-refractivity contribution in [3.05, 3.63) is 29.8 Å². The average Bonchev–Trinajstić information content (AvgIpc) is 2.52. The van der Waals surface area contributed by atoms with Gasteiger partial charge >= 0.3 is 0 Å². The van der Waals surface area contributed by atoms with E-state index in [-0.39, 0.29) is 0 Å². The lowest BCUT2D eigenvalue weighted by Gasteiger charge is -2.29. The Balaban J connectivity index is 1.79. The van der Waals surface area contributed by atoms with E-state index in [1.54, 1.807) is 7.11 Å². The molecule has 1 aliphatic heterocycles. The highest BCUT2D eigenvalue weighted by Gasteiger charge is 2.10. The fraction of sp³-hybridized carbons (Fsp3) is 0.625. The molecule has 1 fully saturated rings. The highest BCUT2D eigenvalue weighted by atomic mass is 16.5. The quantitative estimate of drug-likeness (QED) is 0.827. The second-order valence-corrected chi connectivity index (χ2v) is 5.33. The third-order valence-electron chi connectivity index (χ3n) is 3.72. The van der Waals surface area contributed by atoms with Crippen molar-refractivity contribution in [1.82, 2.24) is 5.32 Å². The lowest BCUT2D eigenvalue weighted by Crippen LogP contribution is -2.36. The Bertz CT molecular complexity index is 375. The van der Waals surface area contributed by atoms with Gasteiger partial charge in [-0.3, -0.25) is 0 Å². The maximum Gasteiger partial charge on any atom is 0.0642 e. The molecule has 1 saturated heterocycles. The predicted octanol–water partition coefficient (Wildman–Crippen LogP) is 2.04. The van der Waals surface area contributed by atoms with Crippen molar-refractivity contribution < 1.29 is 9.47 Å². The third kappa shape index (κ3) is 4.78. The maximum absolute atomic E-state index is 5.38. The topological polar surface area (TPSA) is 33.7 Å². The van der Waals surface area contributed by atoms with Crippen LogP contribution in [-0.2, 0) is 16.0 Å². The number of morpholine rings is 1.